The Morgan fingerprint density at radius 3 is 2.23 bits per heavy atom. The molecule has 1 aromatic heterocycles. The number of pyridine rings is 1. The van der Waals surface area contributed by atoms with Crippen LogP contribution < -0.4 is 14.6 Å². The monoisotopic (exact) mass is 419 g/mol. The van der Waals surface area contributed by atoms with Crippen LogP contribution in [0.25, 0.3) is 11.5 Å². The lowest BCUT2D eigenvalue weighted by atomic mass is 9.98. The fraction of sp³-hybridized carbons (Fsp3) is 0.200. The molecule has 2 N–H and O–H groups in total. The molecule has 30 heavy (non-hydrogen) atoms. The summed E-state index contributed by atoms with van der Waals surface area (Å²) in [6.45, 7) is 8.67. The number of benzene rings is 2. The predicted octanol–water partition coefficient (Wildman–Crippen LogP) is 5.62. The summed E-state index contributed by atoms with van der Waals surface area (Å²) in [5.41, 5.74) is 5.40. The molecule has 2 aromatic carbocycles. The second-order valence-corrected chi connectivity index (χ2v) is 7.55. The maximum absolute atomic E-state index is 11.3. The molecule has 0 aliphatic heterocycles. The van der Waals surface area contributed by atoms with Crippen molar-refractivity contribution in [2.45, 2.75) is 27.7 Å². The number of aliphatic hydroxyl groups excluding tert-OH is 1. The molecular formula is C25H27N2O2S+. The number of ether oxygens (including phenoxy) is 1. The molecule has 0 amide bonds. The van der Waals surface area contributed by atoms with E-state index in [1.165, 1.54) is 5.56 Å². The summed E-state index contributed by atoms with van der Waals surface area (Å²) in [6.07, 6.45) is 3.74. The lowest BCUT2D eigenvalue weighted by Crippen LogP contribution is -2.38. The molecule has 1 heterocycles. The van der Waals surface area contributed by atoms with E-state index in [2.05, 4.69) is 18.3 Å². The Morgan fingerprint density at radius 2 is 1.60 bits per heavy atom. The van der Waals surface area contributed by atoms with Gasteiger partial charge in [-0.1, -0.05) is 24.4 Å². The van der Waals surface area contributed by atoms with Crippen molar-refractivity contribution in [3.63, 3.8) is 0 Å². The largest absolute Gasteiger partial charge is 0.502 e. The average Bonchev–Trinajstić information content (AvgIpc) is 2.73. The van der Waals surface area contributed by atoms with Crippen LogP contribution in [0.5, 0.6) is 5.75 Å². The SMILES string of the molecule is CCOc1ccc(NC(=S)/C(=C(\O)c2cc(C)c(C)cc2C)[n+]2ccccc2)cc1. The van der Waals surface area contributed by atoms with Crippen molar-refractivity contribution in [2.75, 3.05) is 11.9 Å². The van der Waals surface area contributed by atoms with Crippen molar-refractivity contribution in [1.82, 2.24) is 0 Å². The van der Waals surface area contributed by atoms with Gasteiger partial charge in [-0.05, 0) is 74.7 Å². The number of aromatic nitrogens is 1. The molecule has 0 fully saturated rings. The Labute approximate surface area is 183 Å². The van der Waals surface area contributed by atoms with E-state index in [4.69, 9.17) is 17.0 Å². The Morgan fingerprint density at radius 1 is 0.967 bits per heavy atom. The van der Waals surface area contributed by atoms with Crippen molar-refractivity contribution in [3.05, 3.63) is 89.2 Å². The molecule has 154 valence electrons. The van der Waals surface area contributed by atoms with Crippen LogP contribution in [0.15, 0.2) is 67.0 Å². The smallest absolute Gasteiger partial charge is 0.288 e. The number of rotatable bonds is 6. The van der Waals surface area contributed by atoms with E-state index in [-0.39, 0.29) is 5.76 Å². The molecule has 0 radical (unpaired) electrons. The zero-order valence-corrected chi connectivity index (χ0v) is 18.6. The number of hydrogen-bond donors (Lipinski definition) is 2. The van der Waals surface area contributed by atoms with Gasteiger partial charge >= 0.3 is 0 Å². The number of aryl methyl sites for hydroxylation is 3. The number of aliphatic hydroxyl groups is 1. The molecule has 0 atom stereocenters. The quantitative estimate of drug-likeness (QED) is 0.236. The van der Waals surface area contributed by atoms with E-state index < -0.39 is 0 Å². The van der Waals surface area contributed by atoms with E-state index in [9.17, 15) is 5.11 Å². The minimum absolute atomic E-state index is 0.134. The number of anilines is 1. The number of hydrogen-bond acceptors (Lipinski definition) is 3. The van der Waals surface area contributed by atoms with Crippen molar-refractivity contribution in [2.24, 2.45) is 0 Å². The molecule has 5 heteroatoms. The molecule has 0 bridgehead atoms. The Balaban J connectivity index is 2.04. The highest BCUT2D eigenvalue weighted by Gasteiger charge is 2.25. The van der Waals surface area contributed by atoms with Crippen LogP contribution in [-0.4, -0.2) is 16.7 Å². The summed E-state index contributed by atoms with van der Waals surface area (Å²) >= 11 is 5.72. The number of nitrogens with one attached hydrogen (secondary N) is 1. The van der Waals surface area contributed by atoms with E-state index in [0.717, 1.165) is 28.1 Å². The number of thiocarbonyl (C=S) groups is 1. The summed E-state index contributed by atoms with van der Waals surface area (Å²) in [5, 5.41) is 14.5. The highest BCUT2D eigenvalue weighted by atomic mass is 32.1. The van der Waals surface area contributed by atoms with Crippen molar-refractivity contribution in [3.8, 4) is 5.75 Å². The first-order valence-electron chi connectivity index (χ1n) is 9.93. The summed E-state index contributed by atoms with van der Waals surface area (Å²) < 4.78 is 7.33. The highest BCUT2D eigenvalue weighted by Crippen LogP contribution is 2.25. The van der Waals surface area contributed by atoms with Crippen LogP contribution in [-0.2, 0) is 0 Å². The van der Waals surface area contributed by atoms with Crippen LogP contribution in [0.3, 0.4) is 0 Å². The molecule has 0 aliphatic carbocycles. The van der Waals surface area contributed by atoms with Gasteiger partial charge in [0.15, 0.2) is 23.1 Å². The Bertz CT molecular complexity index is 1070. The van der Waals surface area contributed by atoms with Gasteiger partial charge in [-0.25, -0.2) is 0 Å². The second-order valence-electron chi connectivity index (χ2n) is 7.14. The summed E-state index contributed by atoms with van der Waals surface area (Å²) in [5.74, 6) is 0.936. The van der Waals surface area contributed by atoms with Gasteiger partial charge in [0.2, 0.25) is 0 Å². The van der Waals surface area contributed by atoms with Gasteiger partial charge in [0.25, 0.3) is 5.70 Å². The van der Waals surface area contributed by atoms with Crippen LogP contribution in [0.2, 0.25) is 0 Å². The minimum Gasteiger partial charge on any atom is -0.502 e. The standard InChI is InChI=1S/C25H26N2O2S/c1-5-29-21-11-9-20(10-12-21)26-25(30)23(27-13-7-6-8-14-27)24(28)22-16-18(3)17(2)15-19(22)4/h6-16H,5H2,1-4H3,(H-,26,28,30)/p+1. The fourth-order valence-corrected chi connectivity index (χ4v) is 3.55. The topological polar surface area (TPSA) is 45.4 Å². The van der Waals surface area contributed by atoms with Gasteiger partial charge in [0, 0.05) is 23.4 Å². The fourth-order valence-electron chi connectivity index (χ4n) is 3.23. The number of nitrogens with zero attached hydrogens (tertiary/aromatic N) is 1. The first-order valence-corrected chi connectivity index (χ1v) is 10.3. The van der Waals surface area contributed by atoms with E-state index in [0.29, 0.717) is 17.3 Å². The van der Waals surface area contributed by atoms with Crippen molar-refractivity contribution < 1.29 is 14.4 Å². The predicted molar refractivity (Wildman–Crippen MR) is 127 cm³/mol. The zero-order chi connectivity index (χ0) is 21.7. The van der Waals surface area contributed by atoms with Gasteiger partial charge in [0.05, 0.1) is 6.61 Å². The molecule has 0 spiro atoms. The molecule has 0 saturated heterocycles. The van der Waals surface area contributed by atoms with Crippen LogP contribution >= 0.6 is 12.2 Å². The van der Waals surface area contributed by atoms with Gasteiger partial charge in [-0.3, -0.25) is 0 Å². The lowest BCUT2D eigenvalue weighted by Gasteiger charge is -2.13. The summed E-state index contributed by atoms with van der Waals surface area (Å²) in [4.78, 5) is 0.422. The molecule has 3 aromatic rings. The first kappa shape index (κ1) is 21.5. The van der Waals surface area contributed by atoms with E-state index >= 15 is 0 Å². The van der Waals surface area contributed by atoms with Crippen LogP contribution in [0.4, 0.5) is 5.69 Å². The van der Waals surface area contributed by atoms with Crippen molar-refractivity contribution >= 4 is 34.3 Å². The highest BCUT2D eigenvalue weighted by molar-refractivity contribution is 7.81. The van der Waals surface area contributed by atoms with Gasteiger partial charge < -0.3 is 15.2 Å². The van der Waals surface area contributed by atoms with Crippen LogP contribution in [0, 0.1) is 20.8 Å². The van der Waals surface area contributed by atoms with E-state index in [1.54, 1.807) is 0 Å². The molecule has 0 saturated carbocycles. The third-order valence-corrected chi connectivity index (χ3v) is 5.23. The van der Waals surface area contributed by atoms with Gasteiger partial charge in [-0.15, -0.1) is 0 Å². The molecule has 0 aliphatic rings. The maximum Gasteiger partial charge on any atom is 0.288 e. The van der Waals surface area contributed by atoms with Crippen LogP contribution in [0.1, 0.15) is 29.2 Å². The molecule has 0 unspecified atom stereocenters. The van der Waals surface area contributed by atoms with Crippen molar-refractivity contribution in [1.29, 1.82) is 0 Å². The molecule has 3 rings (SSSR count). The maximum atomic E-state index is 11.3. The summed E-state index contributed by atoms with van der Waals surface area (Å²) in [7, 11) is 0. The van der Waals surface area contributed by atoms with Gasteiger partial charge in [-0.2, -0.15) is 4.57 Å². The molecular weight excluding hydrogens is 392 g/mol. The minimum atomic E-state index is 0.134. The first-order chi connectivity index (χ1) is 14.4. The third kappa shape index (κ3) is 4.86. The summed E-state index contributed by atoms with van der Waals surface area (Å²) in [6, 6.07) is 17.4. The average molecular weight is 420 g/mol. The lowest BCUT2D eigenvalue weighted by molar-refractivity contribution is -0.575. The van der Waals surface area contributed by atoms with E-state index in [1.807, 2.05) is 86.3 Å². The Hall–Kier alpha value is -3.18. The Kier molecular flexibility index (Phi) is 6.85. The zero-order valence-electron chi connectivity index (χ0n) is 17.8. The third-order valence-electron chi connectivity index (χ3n) is 4.93. The normalized spacial score (nSPS) is 11.6. The molecule has 4 nitrogen and oxygen atoms in total. The second kappa shape index (κ2) is 9.55. The van der Waals surface area contributed by atoms with Gasteiger partial charge in [0.1, 0.15) is 5.75 Å².